The van der Waals surface area contributed by atoms with Crippen molar-refractivity contribution in [3.05, 3.63) is 59.2 Å². The van der Waals surface area contributed by atoms with Crippen LogP contribution in [0.3, 0.4) is 0 Å². The molecule has 0 unspecified atom stereocenters. The maximum absolute atomic E-state index is 12.2. The third-order valence-electron chi connectivity index (χ3n) is 5.53. The highest BCUT2D eigenvalue weighted by atomic mass is 16.5. The maximum Gasteiger partial charge on any atom is 0.234 e. The van der Waals surface area contributed by atoms with E-state index < -0.39 is 0 Å². The normalized spacial score (nSPS) is 14.7. The van der Waals surface area contributed by atoms with E-state index in [-0.39, 0.29) is 5.91 Å². The Hall–Kier alpha value is -2.53. The number of nitrogens with one attached hydrogen (secondary N) is 1. The van der Waals surface area contributed by atoms with Crippen LogP contribution in [0.1, 0.15) is 23.1 Å². The molecule has 156 valence electrons. The van der Waals surface area contributed by atoms with Crippen LogP contribution >= 0.6 is 0 Å². The Morgan fingerprint density at radius 3 is 2.48 bits per heavy atom. The van der Waals surface area contributed by atoms with Crippen LogP contribution in [0.5, 0.6) is 5.75 Å². The highest BCUT2D eigenvalue weighted by molar-refractivity contribution is 5.78. The summed E-state index contributed by atoms with van der Waals surface area (Å²) in [7, 11) is 0. The summed E-state index contributed by atoms with van der Waals surface area (Å²) in [5, 5.41) is 3.02. The summed E-state index contributed by atoms with van der Waals surface area (Å²) >= 11 is 0. The summed E-state index contributed by atoms with van der Waals surface area (Å²) in [6, 6.07) is 14.7. The average molecular weight is 396 g/mol. The third-order valence-corrected chi connectivity index (χ3v) is 5.53. The van der Waals surface area contributed by atoms with E-state index in [0.29, 0.717) is 19.7 Å². The molecule has 0 bridgehead atoms. The lowest BCUT2D eigenvalue weighted by molar-refractivity contribution is -0.122. The minimum Gasteiger partial charge on any atom is -0.493 e. The van der Waals surface area contributed by atoms with Crippen LogP contribution in [0.15, 0.2) is 42.5 Å². The van der Waals surface area contributed by atoms with E-state index in [0.717, 1.165) is 38.3 Å². The lowest BCUT2D eigenvalue weighted by Crippen LogP contribution is -2.49. The minimum absolute atomic E-state index is 0.0979. The van der Waals surface area contributed by atoms with Gasteiger partial charge in [0.15, 0.2) is 0 Å². The Morgan fingerprint density at radius 1 is 1.03 bits per heavy atom. The smallest absolute Gasteiger partial charge is 0.234 e. The van der Waals surface area contributed by atoms with Gasteiger partial charge in [-0.2, -0.15) is 0 Å². The molecule has 0 aromatic heterocycles. The van der Waals surface area contributed by atoms with Crippen molar-refractivity contribution >= 4 is 11.6 Å². The second kappa shape index (κ2) is 10.3. The summed E-state index contributed by atoms with van der Waals surface area (Å²) < 4.78 is 5.92. The molecule has 0 radical (unpaired) electrons. The lowest BCUT2D eigenvalue weighted by atomic mass is 10.1. The standard InChI is InChI=1S/C24H33N3O2/c1-19-16-20(2)21(3)23(17-19)29-15-7-10-25-24(28)18-26-11-13-27(14-12-26)22-8-5-4-6-9-22/h4-6,8-9,16-17H,7,10-15,18H2,1-3H3,(H,25,28). The van der Waals surface area contributed by atoms with Crippen molar-refractivity contribution in [1.82, 2.24) is 10.2 Å². The van der Waals surface area contributed by atoms with E-state index >= 15 is 0 Å². The molecule has 5 nitrogen and oxygen atoms in total. The number of carbonyl (C=O) groups excluding carboxylic acids is 1. The molecule has 5 heteroatoms. The number of hydrogen-bond acceptors (Lipinski definition) is 4. The molecule has 1 aliphatic heterocycles. The van der Waals surface area contributed by atoms with Crippen molar-refractivity contribution in [1.29, 1.82) is 0 Å². The third kappa shape index (κ3) is 6.23. The van der Waals surface area contributed by atoms with E-state index in [9.17, 15) is 4.79 Å². The zero-order chi connectivity index (χ0) is 20.6. The summed E-state index contributed by atoms with van der Waals surface area (Å²) in [5.74, 6) is 1.05. The van der Waals surface area contributed by atoms with Crippen LogP contribution in [0.2, 0.25) is 0 Å². The van der Waals surface area contributed by atoms with Gasteiger partial charge in [-0.3, -0.25) is 9.69 Å². The Balaban J connectivity index is 1.31. The van der Waals surface area contributed by atoms with E-state index in [1.54, 1.807) is 0 Å². The summed E-state index contributed by atoms with van der Waals surface area (Å²) in [6.45, 7) is 11.7. The van der Waals surface area contributed by atoms with Gasteiger partial charge >= 0.3 is 0 Å². The molecule has 1 heterocycles. The van der Waals surface area contributed by atoms with Crippen LogP contribution in [0.4, 0.5) is 5.69 Å². The van der Waals surface area contributed by atoms with Crippen molar-refractivity contribution in [3.63, 3.8) is 0 Å². The number of para-hydroxylation sites is 1. The molecule has 0 atom stereocenters. The van der Waals surface area contributed by atoms with Gasteiger partial charge < -0.3 is 15.0 Å². The zero-order valence-electron chi connectivity index (χ0n) is 17.9. The average Bonchev–Trinajstić information content (AvgIpc) is 2.72. The lowest BCUT2D eigenvalue weighted by Gasteiger charge is -2.35. The Kier molecular flexibility index (Phi) is 7.53. The van der Waals surface area contributed by atoms with E-state index in [1.807, 2.05) is 6.07 Å². The number of ether oxygens (including phenoxy) is 1. The number of benzene rings is 2. The number of carbonyl (C=O) groups is 1. The first-order valence-corrected chi connectivity index (χ1v) is 10.5. The number of piperazine rings is 1. The van der Waals surface area contributed by atoms with Gasteiger partial charge in [-0.25, -0.2) is 0 Å². The summed E-state index contributed by atoms with van der Waals surface area (Å²) in [4.78, 5) is 16.8. The molecule has 3 rings (SSSR count). The van der Waals surface area contributed by atoms with Gasteiger partial charge in [0.2, 0.25) is 5.91 Å². The molecule has 2 aromatic carbocycles. The predicted molar refractivity (Wildman–Crippen MR) is 119 cm³/mol. The van der Waals surface area contributed by atoms with E-state index in [4.69, 9.17) is 4.74 Å². The molecule has 1 amide bonds. The fourth-order valence-electron chi connectivity index (χ4n) is 3.69. The minimum atomic E-state index is 0.0979. The molecule has 1 N–H and O–H groups in total. The number of nitrogens with zero attached hydrogens (tertiary/aromatic N) is 2. The van der Waals surface area contributed by atoms with Gasteiger partial charge in [0.1, 0.15) is 5.75 Å². The molecule has 0 aliphatic carbocycles. The van der Waals surface area contributed by atoms with Gasteiger partial charge in [0.25, 0.3) is 0 Å². The molecule has 29 heavy (non-hydrogen) atoms. The monoisotopic (exact) mass is 395 g/mol. The Bertz CT molecular complexity index is 799. The first-order chi connectivity index (χ1) is 14.0. The molecule has 1 saturated heterocycles. The molecular formula is C24H33N3O2. The summed E-state index contributed by atoms with van der Waals surface area (Å²) in [5.41, 5.74) is 4.91. The molecule has 2 aromatic rings. The Morgan fingerprint density at radius 2 is 1.76 bits per heavy atom. The van der Waals surface area contributed by atoms with Gasteiger partial charge in [-0.05, 0) is 62.1 Å². The van der Waals surface area contributed by atoms with Crippen molar-refractivity contribution < 1.29 is 9.53 Å². The van der Waals surface area contributed by atoms with Gasteiger partial charge in [0, 0.05) is 38.4 Å². The van der Waals surface area contributed by atoms with Crippen molar-refractivity contribution in [3.8, 4) is 5.75 Å². The number of hydrogen-bond donors (Lipinski definition) is 1. The quantitative estimate of drug-likeness (QED) is 0.697. The maximum atomic E-state index is 12.2. The van der Waals surface area contributed by atoms with Gasteiger partial charge in [0.05, 0.1) is 13.2 Å². The second-order valence-corrected chi connectivity index (χ2v) is 7.86. The van der Waals surface area contributed by atoms with Crippen molar-refractivity contribution in [2.24, 2.45) is 0 Å². The van der Waals surface area contributed by atoms with Crippen molar-refractivity contribution in [2.45, 2.75) is 27.2 Å². The molecule has 0 spiro atoms. The van der Waals surface area contributed by atoms with Gasteiger partial charge in [-0.1, -0.05) is 24.3 Å². The highest BCUT2D eigenvalue weighted by Gasteiger charge is 2.18. The zero-order valence-corrected chi connectivity index (χ0v) is 17.9. The largest absolute Gasteiger partial charge is 0.493 e. The van der Waals surface area contributed by atoms with Crippen LogP contribution < -0.4 is 15.0 Å². The molecule has 0 saturated carbocycles. The first-order valence-electron chi connectivity index (χ1n) is 10.5. The number of amides is 1. The predicted octanol–water partition coefficient (Wildman–Crippen LogP) is 3.32. The van der Waals surface area contributed by atoms with Crippen molar-refractivity contribution in [2.75, 3.05) is 50.8 Å². The number of anilines is 1. The topological polar surface area (TPSA) is 44.8 Å². The molecular weight excluding hydrogens is 362 g/mol. The van der Waals surface area contributed by atoms with Crippen LogP contribution in [0, 0.1) is 20.8 Å². The number of aryl methyl sites for hydroxylation is 2. The summed E-state index contributed by atoms with van der Waals surface area (Å²) in [6.07, 6.45) is 0.806. The SMILES string of the molecule is Cc1cc(C)c(C)c(OCCCNC(=O)CN2CCN(c3ccccc3)CC2)c1. The van der Waals surface area contributed by atoms with E-state index in [1.165, 1.54) is 22.4 Å². The van der Waals surface area contributed by atoms with Crippen LogP contribution in [-0.2, 0) is 4.79 Å². The van der Waals surface area contributed by atoms with Gasteiger partial charge in [-0.15, -0.1) is 0 Å². The fraction of sp³-hybridized carbons (Fsp3) is 0.458. The van der Waals surface area contributed by atoms with E-state index in [2.05, 4.69) is 72.3 Å². The Labute approximate surface area is 174 Å². The highest BCUT2D eigenvalue weighted by Crippen LogP contribution is 2.23. The van der Waals surface area contributed by atoms with Crippen LogP contribution in [-0.4, -0.2) is 56.7 Å². The fourth-order valence-corrected chi connectivity index (χ4v) is 3.69. The number of rotatable bonds is 8. The van der Waals surface area contributed by atoms with Crippen LogP contribution in [0.25, 0.3) is 0 Å². The second-order valence-electron chi connectivity index (χ2n) is 7.86. The molecule has 1 fully saturated rings. The molecule has 1 aliphatic rings. The first kappa shape index (κ1) is 21.2.